The number of hydrogen-bond acceptors (Lipinski definition) is 6. The molecule has 3 heterocycles. The van der Waals surface area contributed by atoms with Crippen molar-refractivity contribution >= 4 is 11.8 Å². The number of carbonyl (C=O) groups is 2. The molecule has 1 aliphatic heterocycles. The molecule has 1 fully saturated rings. The van der Waals surface area contributed by atoms with Crippen molar-refractivity contribution in [3.63, 3.8) is 0 Å². The number of aryl methyl sites for hydroxylation is 1. The molecule has 1 saturated heterocycles. The molecule has 8 heteroatoms. The maximum absolute atomic E-state index is 12.6. The summed E-state index contributed by atoms with van der Waals surface area (Å²) >= 11 is 0. The second kappa shape index (κ2) is 6.62. The third-order valence-electron chi connectivity index (χ3n) is 4.77. The number of nitrogens with zero attached hydrogens (tertiary/aromatic N) is 4. The Bertz CT molecular complexity index is 783. The summed E-state index contributed by atoms with van der Waals surface area (Å²) in [5, 5.41) is 6.98. The van der Waals surface area contributed by atoms with Gasteiger partial charge in [-0.3, -0.25) is 14.6 Å². The highest BCUT2D eigenvalue weighted by Gasteiger charge is 2.32. The van der Waals surface area contributed by atoms with Crippen LogP contribution in [0.4, 0.5) is 0 Å². The predicted octanol–water partition coefficient (Wildman–Crippen LogP) is 0.988. The van der Waals surface area contributed by atoms with Crippen molar-refractivity contribution in [2.45, 2.75) is 38.1 Å². The highest BCUT2D eigenvalue weighted by molar-refractivity contribution is 5.94. The van der Waals surface area contributed by atoms with Gasteiger partial charge in [-0.05, 0) is 25.7 Å². The van der Waals surface area contributed by atoms with Crippen molar-refractivity contribution in [1.82, 2.24) is 25.3 Å². The third-order valence-corrected chi connectivity index (χ3v) is 4.77. The monoisotopic (exact) mass is 341 g/mol. The molecular formula is C17H19N5O3. The molecule has 2 aromatic rings. The Kier molecular flexibility index (Phi) is 4.17. The maximum atomic E-state index is 12.6. The highest BCUT2D eigenvalue weighted by Crippen LogP contribution is 2.26. The SMILES string of the molecule is O=C(NC1CCc2onc(C(=O)N3CCCC3)c2C1)c1cnccn1. The molecule has 2 aromatic heterocycles. The van der Waals surface area contributed by atoms with Crippen LogP contribution in [0.1, 0.15) is 51.6 Å². The summed E-state index contributed by atoms with van der Waals surface area (Å²) in [5.74, 6) is 0.432. The number of aromatic nitrogens is 3. The Morgan fingerprint density at radius 1 is 1.24 bits per heavy atom. The number of hydrogen-bond donors (Lipinski definition) is 1. The summed E-state index contributed by atoms with van der Waals surface area (Å²) in [6, 6.07) is -0.0773. The van der Waals surface area contributed by atoms with Crippen molar-refractivity contribution in [2.24, 2.45) is 0 Å². The summed E-state index contributed by atoms with van der Waals surface area (Å²) in [6.45, 7) is 1.54. The van der Waals surface area contributed by atoms with Crippen molar-refractivity contribution in [3.8, 4) is 0 Å². The van der Waals surface area contributed by atoms with Crippen LogP contribution >= 0.6 is 0 Å². The number of nitrogens with one attached hydrogen (secondary N) is 1. The van der Waals surface area contributed by atoms with Crippen LogP contribution in [0.5, 0.6) is 0 Å². The second-order valence-corrected chi connectivity index (χ2v) is 6.44. The van der Waals surface area contributed by atoms with Crippen LogP contribution in [-0.2, 0) is 12.8 Å². The van der Waals surface area contributed by atoms with E-state index >= 15 is 0 Å². The van der Waals surface area contributed by atoms with Gasteiger partial charge >= 0.3 is 0 Å². The molecule has 4 rings (SSSR count). The Morgan fingerprint density at radius 3 is 2.84 bits per heavy atom. The summed E-state index contributed by atoms with van der Waals surface area (Å²) in [4.78, 5) is 34.6. The van der Waals surface area contributed by atoms with Gasteiger partial charge < -0.3 is 14.7 Å². The quantitative estimate of drug-likeness (QED) is 0.893. The number of fused-ring (bicyclic) bond motifs is 1. The van der Waals surface area contributed by atoms with Crippen molar-refractivity contribution in [2.75, 3.05) is 13.1 Å². The standard InChI is InChI=1S/C17H19N5O3/c23-16(13-10-18-5-6-19-13)20-11-3-4-14-12(9-11)15(21-25-14)17(24)22-7-1-2-8-22/h5-6,10-11H,1-4,7-9H2,(H,20,23). The van der Waals surface area contributed by atoms with Crippen LogP contribution in [0.2, 0.25) is 0 Å². The van der Waals surface area contributed by atoms with E-state index < -0.39 is 0 Å². The van der Waals surface area contributed by atoms with E-state index in [1.165, 1.54) is 18.6 Å². The number of likely N-dealkylation sites (tertiary alicyclic amines) is 1. The van der Waals surface area contributed by atoms with Gasteiger partial charge in [-0.25, -0.2) is 4.98 Å². The van der Waals surface area contributed by atoms with Gasteiger partial charge in [0.25, 0.3) is 11.8 Å². The lowest BCUT2D eigenvalue weighted by Crippen LogP contribution is -2.39. The largest absolute Gasteiger partial charge is 0.360 e. The fourth-order valence-electron chi connectivity index (χ4n) is 3.44. The van der Waals surface area contributed by atoms with E-state index in [0.717, 1.165) is 43.7 Å². The molecule has 2 aliphatic rings. The first kappa shape index (κ1) is 15.7. The molecule has 0 aromatic carbocycles. The Balaban J connectivity index is 1.48. The summed E-state index contributed by atoms with van der Waals surface area (Å²) in [5.41, 5.74) is 1.51. The van der Waals surface area contributed by atoms with Gasteiger partial charge in [0.2, 0.25) is 0 Å². The molecule has 0 saturated carbocycles. The minimum Gasteiger partial charge on any atom is -0.360 e. The van der Waals surface area contributed by atoms with Gasteiger partial charge in [0.1, 0.15) is 11.5 Å². The Labute approximate surface area is 144 Å². The van der Waals surface area contributed by atoms with E-state index in [2.05, 4.69) is 20.4 Å². The lowest BCUT2D eigenvalue weighted by Gasteiger charge is -2.23. The van der Waals surface area contributed by atoms with Crippen molar-refractivity contribution in [3.05, 3.63) is 41.3 Å². The molecule has 0 bridgehead atoms. The molecule has 1 aliphatic carbocycles. The fraction of sp³-hybridized carbons (Fsp3) is 0.471. The van der Waals surface area contributed by atoms with E-state index in [0.29, 0.717) is 18.5 Å². The highest BCUT2D eigenvalue weighted by atomic mass is 16.5. The van der Waals surface area contributed by atoms with Crippen molar-refractivity contribution in [1.29, 1.82) is 0 Å². The molecule has 1 N–H and O–H groups in total. The van der Waals surface area contributed by atoms with Crippen LogP contribution in [0, 0.1) is 0 Å². The van der Waals surface area contributed by atoms with Gasteiger partial charge in [0.15, 0.2) is 5.69 Å². The summed E-state index contributed by atoms with van der Waals surface area (Å²) in [6.07, 6.45) is 8.44. The minimum atomic E-state index is -0.259. The smallest absolute Gasteiger partial charge is 0.276 e. The van der Waals surface area contributed by atoms with Crippen molar-refractivity contribution < 1.29 is 14.1 Å². The zero-order chi connectivity index (χ0) is 17.2. The predicted molar refractivity (Wildman–Crippen MR) is 87.0 cm³/mol. The first-order valence-corrected chi connectivity index (χ1v) is 8.56. The first-order chi connectivity index (χ1) is 12.2. The number of rotatable bonds is 3. The number of carbonyl (C=O) groups excluding carboxylic acids is 2. The molecular weight excluding hydrogens is 322 g/mol. The van der Waals surface area contributed by atoms with Gasteiger partial charge in [-0.1, -0.05) is 5.16 Å². The topological polar surface area (TPSA) is 101 Å². The average molecular weight is 341 g/mol. The lowest BCUT2D eigenvalue weighted by molar-refractivity contribution is 0.0781. The first-order valence-electron chi connectivity index (χ1n) is 8.56. The zero-order valence-electron chi connectivity index (χ0n) is 13.8. The summed E-state index contributed by atoms with van der Waals surface area (Å²) in [7, 11) is 0. The lowest BCUT2D eigenvalue weighted by atomic mass is 9.91. The minimum absolute atomic E-state index is 0.0663. The van der Waals surface area contributed by atoms with E-state index in [-0.39, 0.29) is 23.6 Å². The van der Waals surface area contributed by atoms with Crippen LogP contribution in [0.3, 0.4) is 0 Å². The number of amides is 2. The zero-order valence-corrected chi connectivity index (χ0v) is 13.8. The molecule has 1 unspecified atom stereocenters. The Morgan fingerprint density at radius 2 is 2.08 bits per heavy atom. The normalized spacial score (nSPS) is 19.5. The summed E-state index contributed by atoms with van der Waals surface area (Å²) < 4.78 is 5.37. The molecule has 1 atom stereocenters. The fourth-order valence-corrected chi connectivity index (χ4v) is 3.44. The molecule has 130 valence electrons. The van der Waals surface area contributed by atoms with Gasteiger partial charge in [-0.15, -0.1) is 0 Å². The van der Waals surface area contributed by atoms with E-state index in [9.17, 15) is 9.59 Å². The second-order valence-electron chi connectivity index (χ2n) is 6.44. The van der Waals surface area contributed by atoms with E-state index in [4.69, 9.17) is 4.52 Å². The molecule has 25 heavy (non-hydrogen) atoms. The molecule has 8 nitrogen and oxygen atoms in total. The van der Waals surface area contributed by atoms with Crippen LogP contribution in [0.15, 0.2) is 23.1 Å². The van der Waals surface area contributed by atoms with Crippen LogP contribution < -0.4 is 5.32 Å². The van der Waals surface area contributed by atoms with Crippen LogP contribution in [0.25, 0.3) is 0 Å². The van der Waals surface area contributed by atoms with Gasteiger partial charge in [-0.2, -0.15) is 0 Å². The van der Waals surface area contributed by atoms with Gasteiger partial charge in [0, 0.05) is 43.5 Å². The molecule has 0 spiro atoms. The Hall–Kier alpha value is -2.77. The van der Waals surface area contributed by atoms with E-state index in [1.807, 2.05) is 4.90 Å². The molecule has 0 radical (unpaired) electrons. The molecule has 2 amide bonds. The maximum Gasteiger partial charge on any atom is 0.276 e. The van der Waals surface area contributed by atoms with Crippen LogP contribution in [-0.4, -0.2) is 51.0 Å². The van der Waals surface area contributed by atoms with Gasteiger partial charge in [0.05, 0.1) is 6.20 Å². The van der Waals surface area contributed by atoms with E-state index in [1.54, 1.807) is 0 Å². The average Bonchev–Trinajstić information content (AvgIpc) is 3.31. The third kappa shape index (κ3) is 3.11.